The molecule has 0 saturated carbocycles. The highest BCUT2D eigenvalue weighted by Gasteiger charge is 2.26. The van der Waals surface area contributed by atoms with Crippen LogP contribution in [-0.2, 0) is 4.74 Å². The van der Waals surface area contributed by atoms with E-state index in [1.54, 1.807) is 16.2 Å². The fourth-order valence-corrected chi connectivity index (χ4v) is 3.72. The molecule has 5 nitrogen and oxygen atoms in total. The van der Waals surface area contributed by atoms with E-state index in [1.807, 2.05) is 39.0 Å². The van der Waals surface area contributed by atoms with Crippen LogP contribution in [0.5, 0.6) is 0 Å². The van der Waals surface area contributed by atoms with Crippen LogP contribution in [0.1, 0.15) is 20.8 Å². The van der Waals surface area contributed by atoms with Gasteiger partial charge in [0.1, 0.15) is 5.60 Å². The standard InChI is InChI=1S/C16H20ClN3O2S/c1-16(2,3)22-15(21)20-8-6-19(7-9-20)14-18-12-5-4-11(17)10-13(12)23-14/h4-5,10H,6-9H2,1-3H3. The van der Waals surface area contributed by atoms with Crippen LogP contribution in [0.15, 0.2) is 18.2 Å². The van der Waals surface area contributed by atoms with Crippen LogP contribution in [0, 0.1) is 0 Å². The number of nitrogens with zero attached hydrogens (tertiary/aromatic N) is 3. The lowest BCUT2D eigenvalue weighted by molar-refractivity contribution is 0.0240. The summed E-state index contributed by atoms with van der Waals surface area (Å²) in [6.07, 6.45) is -0.242. The number of aromatic nitrogens is 1. The fraction of sp³-hybridized carbons (Fsp3) is 0.500. The number of benzene rings is 1. The van der Waals surface area contributed by atoms with E-state index < -0.39 is 5.60 Å². The molecule has 2 heterocycles. The topological polar surface area (TPSA) is 45.7 Å². The van der Waals surface area contributed by atoms with Gasteiger partial charge < -0.3 is 14.5 Å². The molecule has 1 aliphatic heterocycles. The summed E-state index contributed by atoms with van der Waals surface area (Å²) in [5, 5.41) is 1.70. The van der Waals surface area contributed by atoms with Crippen molar-refractivity contribution in [3.63, 3.8) is 0 Å². The fourth-order valence-electron chi connectivity index (χ4n) is 2.43. The first-order valence-corrected chi connectivity index (χ1v) is 8.80. The highest BCUT2D eigenvalue weighted by atomic mass is 35.5. The first kappa shape index (κ1) is 16.3. The van der Waals surface area contributed by atoms with Crippen LogP contribution in [0.25, 0.3) is 10.2 Å². The highest BCUT2D eigenvalue weighted by Crippen LogP contribution is 2.31. The van der Waals surface area contributed by atoms with Crippen molar-refractivity contribution in [3.05, 3.63) is 23.2 Å². The van der Waals surface area contributed by atoms with Crippen molar-refractivity contribution in [2.24, 2.45) is 0 Å². The second kappa shape index (κ2) is 6.17. The van der Waals surface area contributed by atoms with Crippen molar-refractivity contribution in [2.75, 3.05) is 31.1 Å². The Kier molecular flexibility index (Phi) is 4.38. The lowest BCUT2D eigenvalue weighted by atomic mass is 10.2. The molecule has 124 valence electrons. The Labute approximate surface area is 144 Å². The summed E-state index contributed by atoms with van der Waals surface area (Å²) in [6, 6.07) is 5.73. The normalized spacial score (nSPS) is 16.0. The lowest BCUT2D eigenvalue weighted by Crippen LogP contribution is -2.50. The number of ether oxygens (including phenoxy) is 1. The molecule has 23 heavy (non-hydrogen) atoms. The van der Waals surface area contributed by atoms with Crippen LogP contribution in [0.2, 0.25) is 5.02 Å². The molecule has 2 aromatic rings. The minimum atomic E-state index is -0.458. The van der Waals surface area contributed by atoms with Gasteiger partial charge in [-0.1, -0.05) is 22.9 Å². The summed E-state index contributed by atoms with van der Waals surface area (Å²) in [7, 11) is 0. The number of hydrogen-bond donors (Lipinski definition) is 0. The zero-order valence-corrected chi connectivity index (χ0v) is 15.1. The van der Waals surface area contributed by atoms with Crippen LogP contribution in [0.3, 0.4) is 0 Å². The van der Waals surface area contributed by atoms with Crippen LogP contribution in [0.4, 0.5) is 9.93 Å². The maximum absolute atomic E-state index is 12.1. The van der Waals surface area contributed by atoms with E-state index in [9.17, 15) is 4.79 Å². The van der Waals surface area contributed by atoms with Gasteiger partial charge in [-0.25, -0.2) is 9.78 Å². The first-order valence-electron chi connectivity index (χ1n) is 7.61. The third-order valence-corrected chi connectivity index (χ3v) is 4.86. The second-order valence-corrected chi connectivity index (χ2v) is 8.01. The van der Waals surface area contributed by atoms with E-state index in [1.165, 1.54) is 0 Å². The van der Waals surface area contributed by atoms with Gasteiger partial charge in [0.25, 0.3) is 0 Å². The monoisotopic (exact) mass is 353 g/mol. The molecule has 1 aliphatic rings. The van der Waals surface area contributed by atoms with E-state index in [4.69, 9.17) is 16.3 Å². The quantitative estimate of drug-likeness (QED) is 0.777. The van der Waals surface area contributed by atoms with Crippen molar-refractivity contribution >= 4 is 44.4 Å². The smallest absolute Gasteiger partial charge is 0.410 e. The maximum Gasteiger partial charge on any atom is 0.410 e. The summed E-state index contributed by atoms with van der Waals surface area (Å²) in [4.78, 5) is 20.7. The summed E-state index contributed by atoms with van der Waals surface area (Å²) in [5.41, 5.74) is 0.504. The van der Waals surface area contributed by atoms with Gasteiger partial charge in [0, 0.05) is 31.2 Å². The van der Waals surface area contributed by atoms with Gasteiger partial charge in [-0.05, 0) is 39.0 Å². The zero-order chi connectivity index (χ0) is 16.6. The predicted octanol–water partition coefficient (Wildman–Crippen LogP) is 4.01. The van der Waals surface area contributed by atoms with Gasteiger partial charge >= 0.3 is 6.09 Å². The number of carbonyl (C=O) groups excluding carboxylic acids is 1. The molecule has 0 unspecified atom stereocenters. The lowest BCUT2D eigenvalue weighted by Gasteiger charge is -2.35. The number of anilines is 1. The number of amides is 1. The van der Waals surface area contributed by atoms with Gasteiger partial charge in [0.15, 0.2) is 5.13 Å². The average Bonchev–Trinajstić information content (AvgIpc) is 2.88. The average molecular weight is 354 g/mol. The second-order valence-electron chi connectivity index (χ2n) is 6.56. The van der Waals surface area contributed by atoms with Crippen molar-refractivity contribution in [3.8, 4) is 0 Å². The number of hydrogen-bond acceptors (Lipinski definition) is 5. The van der Waals surface area contributed by atoms with Gasteiger partial charge in [-0.15, -0.1) is 0 Å². The van der Waals surface area contributed by atoms with Gasteiger partial charge in [-0.2, -0.15) is 0 Å². The van der Waals surface area contributed by atoms with Crippen molar-refractivity contribution in [1.82, 2.24) is 9.88 Å². The summed E-state index contributed by atoms with van der Waals surface area (Å²) in [6.45, 7) is 8.45. The minimum absolute atomic E-state index is 0.242. The predicted molar refractivity (Wildman–Crippen MR) is 94.7 cm³/mol. The zero-order valence-electron chi connectivity index (χ0n) is 13.5. The molecule has 3 rings (SSSR count). The molecule has 0 radical (unpaired) electrons. The summed E-state index contributed by atoms with van der Waals surface area (Å²) >= 11 is 7.66. The molecule has 1 saturated heterocycles. The van der Waals surface area contributed by atoms with Crippen molar-refractivity contribution in [1.29, 1.82) is 0 Å². The Balaban J connectivity index is 1.65. The Morgan fingerprint density at radius 3 is 2.61 bits per heavy atom. The maximum atomic E-state index is 12.1. The molecule has 0 N–H and O–H groups in total. The molecule has 0 bridgehead atoms. The largest absolute Gasteiger partial charge is 0.444 e. The SMILES string of the molecule is CC(C)(C)OC(=O)N1CCN(c2nc3ccc(Cl)cc3s2)CC1. The van der Waals surface area contributed by atoms with Gasteiger partial charge in [0.05, 0.1) is 10.2 Å². The molecule has 1 aromatic heterocycles. The first-order chi connectivity index (χ1) is 10.8. The van der Waals surface area contributed by atoms with Gasteiger partial charge in [0.2, 0.25) is 0 Å². The van der Waals surface area contributed by atoms with E-state index in [0.29, 0.717) is 13.1 Å². The molecule has 1 fully saturated rings. The van der Waals surface area contributed by atoms with Crippen LogP contribution < -0.4 is 4.90 Å². The van der Waals surface area contributed by atoms with Gasteiger partial charge in [-0.3, -0.25) is 0 Å². The molecular weight excluding hydrogens is 334 g/mol. The number of carbonyl (C=O) groups is 1. The minimum Gasteiger partial charge on any atom is -0.444 e. The van der Waals surface area contributed by atoms with Crippen LogP contribution >= 0.6 is 22.9 Å². The third-order valence-electron chi connectivity index (χ3n) is 3.54. The van der Waals surface area contributed by atoms with Crippen molar-refractivity contribution in [2.45, 2.75) is 26.4 Å². The molecule has 0 atom stereocenters. The molecule has 0 spiro atoms. The van der Waals surface area contributed by atoms with E-state index >= 15 is 0 Å². The van der Waals surface area contributed by atoms with E-state index in [-0.39, 0.29) is 6.09 Å². The van der Waals surface area contributed by atoms with Crippen LogP contribution in [-0.4, -0.2) is 47.8 Å². The van der Waals surface area contributed by atoms with Crippen molar-refractivity contribution < 1.29 is 9.53 Å². The Hall–Kier alpha value is -1.53. The Bertz CT molecular complexity index is 718. The Morgan fingerprint density at radius 2 is 1.96 bits per heavy atom. The molecule has 1 aromatic carbocycles. The number of piperazine rings is 1. The summed E-state index contributed by atoms with van der Waals surface area (Å²) in [5.74, 6) is 0. The Morgan fingerprint density at radius 1 is 1.26 bits per heavy atom. The van der Waals surface area contributed by atoms with E-state index in [2.05, 4.69) is 9.88 Å². The van der Waals surface area contributed by atoms with E-state index in [0.717, 1.165) is 33.5 Å². The number of rotatable bonds is 1. The molecule has 0 aliphatic carbocycles. The molecule has 1 amide bonds. The number of thiazole rings is 1. The molecular formula is C16H20ClN3O2S. The number of halogens is 1. The summed E-state index contributed by atoms with van der Waals surface area (Å²) < 4.78 is 6.51. The molecule has 7 heteroatoms. The third kappa shape index (κ3) is 3.87. The highest BCUT2D eigenvalue weighted by molar-refractivity contribution is 7.22. The number of fused-ring (bicyclic) bond motifs is 1.